The highest BCUT2D eigenvalue weighted by atomic mass is 79.9. The Morgan fingerprint density at radius 2 is 1.76 bits per heavy atom. The fraction of sp³-hybridized carbons (Fsp3) is 0.200. The number of carbonyl (C=O) groups is 2. The van der Waals surface area contributed by atoms with Gasteiger partial charge in [-0.2, -0.15) is 0 Å². The number of carboxylic acids is 1. The third-order valence-corrected chi connectivity index (χ3v) is 2.30. The van der Waals surface area contributed by atoms with Crippen molar-refractivity contribution in [2.75, 3.05) is 5.32 Å². The van der Waals surface area contributed by atoms with Crippen molar-refractivity contribution in [3.05, 3.63) is 28.2 Å². The molecule has 0 aliphatic carbocycles. The summed E-state index contributed by atoms with van der Waals surface area (Å²) in [4.78, 5) is 21.4. The third-order valence-electron chi connectivity index (χ3n) is 1.84. The minimum absolute atomic E-state index is 0.205. The summed E-state index contributed by atoms with van der Waals surface area (Å²) < 4.78 is 26.7. The predicted octanol–water partition coefficient (Wildman–Crippen LogP) is 2.53. The molecule has 1 aromatic carbocycles. The van der Waals surface area contributed by atoms with Crippen LogP contribution in [0.2, 0.25) is 0 Å². The van der Waals surface area contributed by atoms with Gasteiger partial charge in [-0.05, 0) is 12.1 Å². The highest BCUT2D eigenvalue weighted by Gasteiger charge is 2.14. The largest absolute Gasteiger partial charge is 0.481 e. The zero-order valence-electron chi connectivity index (χ0n) is 8.47. The summed E-state index contributed by atoms with van der Waals surface area (Å²) in [6.45, 7) is 0. The van der Waals surface area contributed by atoms with Crippen molar-refractivity contribution in [1.29, 1.82) is 0 Å². The summed E-state index contributed by atoms with van der Waals surface area (Å²) in [7, 11) is 0. The van der Waals surface area contributed by atoms with Crippen LogP contribution in [-0.2, 0) is 9.59 Å². The van der Waals surface area contributed by atoms with E-state index in [1.165, 1.54) is 0 Å². The Morgan fingerprint density at radius 3 is 2.24 bits per heavy atom. The maximum atomic E-state index is 13.3. The Bertz CT molecular complexity index is 442. The quantitative estimate of drug-likeness (QED) is 0.898. The van der Waals surface area contributed by atoms with Gasteiger partial charge in [-0.1, -0.05) is 15.9 Å². The number of halogens is 3. The van der Waals surface area contributed by atoms with E-state index in [0.29, 0.717) is 0 Å². The van der Waals surface area contributed by atoms with E-state index in [1.807, 2.05) is 5.32 Å². The maximum Gasteiger partial charge on any atom is 0.303 e. The number of benzene rings is 1. The zero-order valence-corrected chi connectivity index (χ0v) is 10.1. The minimum atomic E-state index is -1.16. The molecule has 0 atom stereocenters. The average Bonchev–Trinajstić information content (AvgIpc) is 2.20. The summed E-state index contributed by atoms with van der Waals surface area (Å²) in [6.07, 6.45) is -0.740. The molecule has 0 aliphatic heterocycles. The molecule has 4 nitrogen and oxygen atoms in total. The van der Waals surface area contributed by atoms with E-state index < -0.39 is 35.6 Å². The number of hydrogen-bond acceptors (Lipinski definition) is 2. The lowest BCUT2D eigenvalue weighted by atomic mass is 10.2. The zero-order chi connectivity index (χ0) is 13.0. The Morgan fingerprint density at radius 1 is 1.24 bits per heavy atom. The van der Waals surface area contributed by atoms with Crippen molar-refractivity contribution in [1.82, 2.24) is 0 Å². The lowest BCUT2D eigenvalue weighted by Gasteiger charge is -2.07. The Kier molecular flexibility index (Phi) is 4.56. The van der Waals surface area contributed by atoms with E-state index in [9.17, 15) is 18.4 Å². The molecule has 0 bridgehead atoms. The van der Waals surface area contributed by atoms with Crippen molar-refractivity contribution in [2.45, 2.75) is 12.8 Å². The number of rotatable bonds is 4. The van der Waals surface area contributed by atoms with Gasteiger partial charge in [0.25, 0.3) is 0 Å². The number of carbonyl (C=O) groups excluding carboxylic acids is 1. The van der Waals surface area contributed by atoms with Crippen LogP contribution in [-0.4, -0.2) is 17.0 Å². The number of amides is 1. The number of anilines is 1. The van der Waals surface area contributed by atoms with Crippen molar-refractivity contribution in [3.8, 4) is 0 Å². The fourth-order valence-corrected chi connectivity index (χ4v) is 1.49. The van der Waals surface area contributed by atoms with Gasteiger partial charge in [0.2, 0.25) is 5.91 Å². The van der Waals surface area contributed by atoms with E-state index in [1.54, 1.807) is 0 Å². The molecular weight excluding hydrogens is 300 g/mol. The monoisotopic (exact) mass is 307 g/mol. The Labute approximate surface area is 104 Å². The van der Waals surface area contributed by atoms with Crippen LogP contribution in [0.15, 0.2) is 16.6 Å². The topological polar surface area (TPSA) is 66.4 Å². The Balaban J connectivity index is 2.75. The summed E-state index contributed by atoms with van der Waals surface area (Å²) in [5.74, 6) is -3.77. The van der Waals surface area contributed by atoms with Gasteiger partial charge in [0, 0.05) is 10.9 Å². The first-order valence-electron chi connectivity index (χ1n) is 4.56. The van der Waals surface area contributed by atoms with Gasteiger partial charge in [0.05, 0.1) is 6.42 Å². The van der Waals surface area contributed by atoms with E-state index in [0.717, 1.165) is 12.1 Å². The van der Waals surface area contributed by atoms with Crippen LogP contribution in [0.3, 0.4) is 0 Å². The minimum Gasteiger partial charge on any atom is -0.481 e. The first-order valence-corrected chi connectivity index (χ1v) is 5.35. The number of nitrogens with one attached hydrogen (secondary N) is 1. The molecular formula is C10H8BrF2NO3. The predicted molar refractivity (Wildman–Crippen MR) is 59.6 cm³/mol. The van der Waals surface area contributed by atoms with E-state index in [4.69, 9.17) is 5.11 Å². The maximum absolute atomic E-state index is 13.3. The van der Waals surface area contributed by atoms with Crippen LogP contribution in [0.1, 0.15) is 12.8 Å². The van der Waals surface area contributed by atoms with E-state index in [-0.39, 0.29) is 10.9 Å². The van der Waals surface area contributed by atoms with Crippen LogP contribution < -0.4 is 5.32 Å². The van der Waals surface area contributed by atoms with Crippen molar-refractivity contribution < 1.29 is 23.5 Å². The molecule has 0 fully saturated rings. The molecule has 0 spiro atoms. The molecule has 0 aliphatic rings. The molecule has 0 saturated heterocycles. The van der Waals surface area contributed by atoms with Gasteiger partial charge >= 0.3 is 5.97 Å². The first-order chi connectivity index (χ1) is 7.90. The van der Waals surface area contributed by atoms with Crippen LogP contribution in [0.5, 0.6) is 0 Å². The molecule has 17 heavy (non-hydrogen) atoms. The van der Waals surface area contributed by atoms with Crippen LogP contribution in [0.4, 0.5) is 14.5 Å². The third kappa shape index (κ3) is 4.10. The highest BCUT2D eigenvalue weighted by molar-refractivity contribution is 9.10. The van der Waals surface area contributed by atoms with Crippen molar-refractivity contribution >= 4 is 33.5 Å². The molecule has 0 radical (unpaired) electrons. The molecule has 0 heterocycles. The lowest BCUT2D eigenvalue weighted by Crippen LogP contribution is -2.15. The summed E-state index contributed by atoms with van der Waals surface area (Å²) in [5, 5.41) is 10.3. The van der Waals surface area contributed by atoms with Crippen molar-refractivity contribution in [3.63, 3.8) is 0 Å². The van der Waals surface area contributed by atoms with Gasteiger partial charge in [-0.25, -0.2) is 8.78 Å². The van der Waals surface area contributed by atoms with Gasteiger partial charge in [0.1, 0.15) is 5.69 Å². The second-order valence-corrected chi connectivity index (χ2v) is 4.10. The molecule has 7 heteroatoms. The summed E-state index contributed by atoms with van der Waals surface area (Å²) >= 11 is 2.89. The Hall–Kier alpha value is -1.50. The fourth-order valence-electron chi connectivity index (χ4n) is 1.08. The number of carboxylic acid groups (broad SMARTS) is 1. The smallest absolute Gasteiger partial charge is 0.303 e. The molecule has 1 aromatic rings. The number of hydrogen-bond donors (Lipinski definition) is 2. The second kappa shape index (κ2) is 5.72. The van der Waals surface area contributed by atoms with Gasteiger partial charge in [-0.3, -0.25) is 9.59 Å². The molecule has 92 valence electrons. The van der Waals surface area contributed by atoms with Gasteiger partial charge < -0.3 is 10.4 Å². The normalized spacial score (nSPS) is 10.1. The first kappa shape index (κ1) is 13.6. The van der Waals surface area contributed by atoms with Crippen LogP contribution in [0, 0.1) is 11.6 Å². The molecule has 0 saturated carbocycles. The second-order valence-electron chi connectivity index (χ2n) is 3.19. The SMILES string of the molecule is O=C(O)CCC(=O)Nc1c(F)cc(Br)cc1F. The lowest BCUT2D eigenvalue weighted by molar-refractivity contribution is -0.138. The van der Waals surface area contributed by atoms with Gasteiger partial charge in [0.15, 0.2) is 11.6 Å². The molecule has 0 aromatic heterocycles. The summed E-state index contributed by atoms with van der Waals surface area (Å²) in [5.41, 5.74) is -0.580. The number of aliphatic carboxylic acids is 1. The summed E-state index contributed by atoms with van der Waals surface area (Å²) in [6, 6.07) is 1.99. The average molecular weight is 308 g/mol. The van der Waals surface area contributed by atoms with Gasteiger partial charge in [-0.15, -0.1) is 0 Å². The van der Waals surface area contributed by atoms with Crippen LogP contribution in [0.25, 0.3) is 0 Å². The van der Waals surface area contributed by atoms with E-state index in [2.05, 4.69) is 15.9 Å². The van der Waals surface area contributed by atoms with E-state index >= 15 is 0 Å². The molecule has 0 unspecified atom stereocenters. The molecule has 1 rings (SSSR count). The molecule has 1 amide bonds. The highest BCUT2D eigenvalue weighted by Crippen LogP contribution is 2.23. The standard InChI is InChI=1S/C10H8BrF2NO3/c11-5-3-6(12)10(7(13)4-5)14-8(15)1-2-9(16)17/h3-4H,1-2H2,(H,14,15)(H,16,17). The van der Waals surface area contributed by atoms with Crippen LogP contribution >= 0.6 is 15.9 Å². The van der Waals surface area contributed by atoms with Crippen molar-refractivity contribution in [2.24, 2.45) is 0 Å². The molecule has 2 N–H and O–H groups in total.